The number of carbonyl (C=O) groups excluding carboxylic acids is 1. The second kappa shape index (κ2) is 13.6. The molecular formula is C20H40IN5O2. The van der Waals surface area contributed by atoms with Gasteiger partial charge < -0.3 is 20.7 Å². The van der Waals surface area contributed by atoms with E-state index in [1.165, 1.54) is 32.1 Å². The van der Waals surface area contributed by atoms with Gasteiger partial charge in [0.2, 0.25) is 5.91 Å². The Morgan fingerprint density at radius 1 is 1.07 bits per heavy atom. The minimum absolute atomic E-state index is 0. The van der Waals surface area contributed by atoms with E-state index in [1.807, 2.05) is 13.8 Å². The third kappa shape index (κ3) is 8.02. The quantitative estimate of drug-likeness (QED) is 0.202. The number of nitrogens with zero attached hydrogens (tertiary/aromatic N) is 2. The number of ether oxygens (including phenoxy) is 1. The van der Waals surface area contributed by atoms with Crippen LogP contribution in [0, 0.1) is 5.92 Å². The van der Waals surface area contributed by atoms with Crippen LogP contribution < -0.4 is 16.0 Å². The lowest BCUT2D eigenvalue weighted by Crippen LogP contribution is -2.56. The van der Waals surface area contributed by atoms with Crippen LogP contribution in [-0.2, 0) is 9.53 Å². The van der Waals surface area contributed by atoms with Gasteiger partial charge in [-0.2, -0.15) is 0 Å². The molecule has 28 heavy (non-hydrogen) atoms. The summed E-state index contributed by atoms with van der Waals surface area (Å²) >= 11 is 0. The molecule has 1 aliphatic heterocycles. The molecule has 0 atom stereocenters. The Morgan fingerprint density at radius 2 is 1.71 bits per heavy atom. The van der Waals surface area contributed by atoms with Crippen LogP contribution in [0.3, 0.4) is 0 Å². The van der Waals surface area contributed by atoms with Crippen molar-refractivity contribution in [1.29, 1.82) is 0 Å². The minimum Gasteiger partial charge on any atom is -0.379 e. The van der Waals surface area contributed by atoms with Crippen molar-refractivity contribution in [3.8, 4) is 0 Å². The molecular weight excluding hydrogens is 469 g/mol. The van der Waals surface area contributed by atoms with Crippen LogP contribution in [0.1, 0.15) is 52.9 Å². The first-order valence-electron chi connectivity index (χ1n) is 10.7. The molecule has 8 heteroatoms. The highest BCUT2D eigenvalue weighted by atomic mass is 127. The Bertz CT molecular complexity index is 475. The fourth-order valence-electron chi connectivity index (χ4n) is 3.96. The maximum absolute atomic E-state index is 11.7. The summed E-state index contributed by atoms with van der Waals surface area (Å²) < 4.78 is 5.56. The number of halogens is 1. The van der Waals surface area contributed by atoms with Crippen LogP contribution in [0.15, 0.2) is 4.99 Å². The van der Waals surface area contributed by atoms with E-state index in [0.717, 1.165) is 45.4 Å². The molecule has 1 saturated carbocycles. The zero-order chi connectivity index (χ0) is 19.5. The van der Waals surface area contributed by atoms with Crippen molar-refractivity contribution < 1.29 is 9.53 Å². The number of rotatable bonds is 8. The normalized spacial score (nSPS) is 20.4. The number of guanidine groups is 1. The summed E-state index contributed by atoms with van der Waals surface area (Å²) in [7, 11) is 0. The zero-order valence-electron chi connectivity index (χ0n) is 17.9. The number of aliphatic imine (C=N–C) groups is 1. The molecule has 0 aromatic carbocycles. The Labute approximate surface area is 187 Å². The van der Waals surface area contributed by atoms with Gasteiger partial charge in [0.25, 0.3) is 0 Å². The molecule has 0 aromatic heterocycles. The van der Waals surface area contributed by atoms with Crippen molar-refractivity contribution in [2.45, 2.75) is 58.4 Å². The lowest BCUT2D eigenvalue weighted by molar-refractivity contribution is -0.123. The average Bonchev–Trinajstić information content (AvgIpc) is 2.70. The van der Waals surface area contributed by atoms with Crippen LogP contribution in [0.2, 0.25) is 0 Å². The first kappa shape index (κ1) is 25.4. The van der Waals surface area contributed by atoms with E-state index in [4.69, 9.17) is 9.73 Å². The lowest BCUT2D eigenvalue weighted by Gasteiger charge is -2.47. The Kier molecular flexibility index (Phi) is 12.3. The monoisotopic (exact) mass is 509 g/mol. The van der Waals surface area contributed by atoms with Crippen LogP contribution >= 0.6 is 24.0 Å². The highest BCUT2D eigenvalue weighted by Gasteiger charge is 2.38. The summed E-state index contributed by atoms with van der Waals surface area (Å²) in [6.45, 7) is 12.5. The van der Waals surface area contributed by atoms with Crippen molar-refractivity contribution in [2.75, 3.05) is 52.5 Å². The minimum atomic E-state index is 0. The first-order valence-corrected chi connectivity index (χ1v) is 10.7. The molecule has 0 bridgehead atoms. The lowest BCUT2D eigenvalue weighted by atomic mass is 9.80. The van der Waals surface area contributed by atoms with Gasteiger partial charge in [0.15, 0.2) is 5.96 Å². The summed E-state index contributed by atoms with van der Waals surface area (Å²) in [5.41, 5.74) is 0.177. The molecule has 0 spiro atoms. The molecule has 1 saturated heterocycles. The van der Waals surface area contributed by atoms with Crippen molar-refractivity contribution in [3.05, 3.63) is 0 Å². The van der Waals surface area contributed by atoms with Crippen LogP contribution in [-0.4, -0.2) is 74.8 Å². The fraction of sp³-hybridized carbons (Fsp3) is 0.900. The average molecular weight is 509 g/mol. The highest BCUT2D eigenvalue weighted by molar-refractivity contribution is 14.0. The summed E-state index contributed by atoms with van der Waals surface area (Å²) in [6.07, 6.45) is 6.36. The van der Waals surface area contributed by atoms with E-state index < -0.39 is 0 Å². The summed E-state index contributed by atoms with van der Waals surface area (Å²) in [5, 5.41) is 9.63. The van der Waals surface area contributed by atoms with E-state index in [1.54, 1.807) is 0 Å². The summed E-state index contributed by atoms with van der Waals surface area (Å²) in [6, 6.07) is 0. The number of morpholine rings is 1. The molecule has 3 N–H and O–H groups in total. The molecule has 164 valence electrons. The molecule has 1 amide bonds. The van der Waals surface area contributed by atoms with Crippen molar-refractivity contribution in [2.24, 2.45) is 10.9 Å². The second-order valence-electron chi connectivity index (χ2n) is 7.95. The smallest absolute Gasteiger partial charge is 0.222 e. The molecule has 0 radical (unpaired) electrons. The molecule has 0 aromatic rings. The summed E-state index contributed by atoms with van der Waals surface area (Å²) in [4.78, 5) is 19.2. The topological polar surface area (TPSA) is 78.0 Å². The van der Waals surface area contributed by atoms with Crippen LogP contribution in [0.25, 0.3) is 0 Å². The zero-order valence-corrected chi connectivity index (χ0v) is 20.2. The molecule has 1 heterocycles. The number of nitrogens with one attached hydrogen (secondary N) is 3. The standard InChI is InChI=1S/C20H39N5O2.HI/c1-4-21-19(23-11-10-22-18(26)17(2)3)24-16-20(8-6-5-7-9-20)25-12-14-27-15-13-25;/h17H,4-16H2,1-3H3,(H,22,26)(H2,21,23,24);1H. The van der Waals surface area contributed by atoms with E-state index in [-0.39, 0.29) is 41.3 Å². The van der Waals surface area contributed by atoms with E-state index >= 15 is 0 Å². The van der Waals surface area contributed by atoms with Gasteiger partial charge in [0.05, 0.1) is 19.8 Å². The number of hydrogen-bond donors (Lipinski definition) is 3. The maximum Gasteiger partial charge on any atom is 0.222 e. The number of carbonyl (C=O) groups is 1. The van der Waals surface area contributed by atoms with Gasteiger partial charge in [0, 0.05) is 44.2 Å². The number of hydrogen-bond acceptors (Lipinski definition) is 4. The highest BCUT2D eigenvalue weighted by Crippen LogP contribution is 2.34. The van der Waals surface area contributed by atoms with Crippen LogP contribution in [0.4, 0.5) is 0 Å². The van der Waals surface area contributed by atoms with Crippen molar-refractivity contribution >= 4 is 35.8 Å². The van der Waals surface area contributed by atoms with Gasteiger partial charge in [-0.25, -0.2) is 0 Å². The van der Waals surface area contributed by atoms with Gasteiger partial charge >= 0.3 is 0 Å². The second-order valence-corrected chi connectivity index (χ2v) is 7.95. The van der Waals surface area contributed by atoms with E-state index in [9.17, 15) is 4.79 Å². The summed E-state index contributed by atoms with van der Waals surface area (Å²) in [5.74, 6) is 0.952. The van der Waals surface area contributed by atoms with Gasteiger partial charge in [-0.05, 0) is 19.8 Å². The first-order chi connectivity index (χ1) is 13.1. The maximum atomic E-state index is 11.7. The fourth-order valence-corrected chi connectivity index (χ4v) is 3.96. The molecule has 2 aliphatic rings. The van der Waals surface area contributed by atoms with Gasteiger partial charge in [-0.1, -0.05) is 33.1 Å². The van der Waals surface area contributed by atoms with E-state index in [0.29, 0.717) is 13.1 Å². The largest absolute Gasteiger partial charge is 0.379 e. The molecule has 0 unspecified atom stereocenters. The molecule has 1 aliphatic carbocycles. The van der Waals surface area contributed by atoms with Gasteiger partial charge in [-0.3, -0.25) is 14.7 Å². The van der Waals surface area contributed by atoms with Gasteiger partial charge in [0.1, 0.15) is 0 Å². The van der Waals surface area contributed by atoms with Crippen molar-refractivity contribution in [1.82, 2.24) is 20.9 Å². The SMILES string of the molecule is CCNC(=NCC1(N2CCOCC2)CCCCC1)NCCNC(=O)C(C)C.I. The van der Waals surface area contributed by atoms with Gasteiger partial charge in [-0.15, -0.1) is 24.0 Å². The molecule has 2 rings (SSSR count). The van der Waals surface area contributed by atoms with Crippen LogP contribution in [0.5, 0.6) is 0 Å². The molecule has 7 nitrogen and oxygen atoms in total. The number of amides is 1. The molecule has 2 fully saturated rings. The Morgan fingerprint density at radius 3 is 2.32 bits per heavy atom. The Hall–Kier alpha value is -0.610. The predicted molar refractivity (Wildman–Crippen MR) is 125 cm³/mol. The van der Waals surface area contributed by atoms with E-state index in [2.05, 4.69) is 27.8 Å². The predicted octanol–water partition coefficient (Wildman–Crippen LogP) is 1.97. The Balaban J connectivity index is 0.00000392. The third-order valence-corrected chi connectivity index (χ3v) is 5.58. The third-order valence-electron chi connectivity index (χ3n) is 5.58. The van der Waals surface area contributed by atoms with Crippen molar-refractivity contribution in [3.63, 3.8) is 0 Å².